The van der Waals surface area contributed by atoms with E-state index in [1.807, 2.05) is 26.0 Å². The molecule has 0 aliphatic carbocycles. The Bertz CT molecular complexity index is 1170. The highest BCUT2D eigenvalue weighted by Crippen LogP contribution is 2.32. The van der Waals surface area contributed by atoms with E-state index >= 15 is 0 Å². The molecule has 1 N–H and O–H groups in total. The van der Waals surface area contributed by atoms with E-state index < -0.39 is 40.3 Å². The van der Waals surface area contributed by atoms with Crippen molar-refractivity contribution in [2.75, 3.05) is 23.7 Å². The van der Waals surface area contributed by atoms with Gasteiger partial charge in [0.05, 0.1) is 17.5 Å². The highest BCUT2D eigenvalue weighted by molar-refractivity contribution is 7.92. The Morgan fingerprint density at radius 1 is 1.05 bits per heavy atom. The van der Waals surface area contributed by atoms with E-state index in [1.165, 1.54) is 11.0 Å². The summed E-state index contributed by atoms with van der Waals surface area (Å²) in [7, 11) is -4.14. The average Bonchev–Trinajstić information content (AvgIpc) is 2.82. The van der Waals surface area contributed by atoms with Gasteiger partial charge >= 0.3 is 6.18 Å². The van der Waals surface area contributed by atoms with Crippen LogP contribution < -0.4 is 9.62 Å². The van der Waals surface area contributed by atoms with Gasteiger partial charge in [-0.3, -0.25) is 13.9 Å². The molecule has 0 aromatic heterocycles. The van der Waals surface area contributed by atoms with Gasteiger partial charge in [-0.15, -0.1) is 0 Å². The predicted octanol–water partition coefficient (Wildman–Crippen LogP) is 4.50. The number of carbonyl (C=O) groups is 2. The van der Waals surface area contributed by atoms with Gasteiger partial charge in [0.15, 0.2) is 0 Å². The second kappa shape index (κ2) is 12.9. The number of benzene rings is 2. The fourth-order valence-electron chi connectivity index (χ4n) is 3.77. The molecule has 2 aromatic rings. The Labute approximate surface area is 216 Å². The Balaban J connectivity index is 2.45. The molecule has 0 aliphatic rings. The summed E-state index contributed by atoms with van der Waals surface area (Å²) in [5, 5.41) is 2.81. The highest BCUT2D eigenvalue weighted by atomic mass is 32.2. The molecule has 7 nitrogen and oxygen atoms in total. The van der Waals surface area contributed by atoms with Gasteiger partial charge in [-0.25, -0.2) is 8.42 Å². The summed E-state index contributed by atoms with van der Waals surface area (Å²) in [4.78, 5) is 27.9. The van der Waals surface area contributed by atoms with Crippen LogP contribution in [0.2, 0.25) is 0 Å². The highest BCUT2D eigenvalue weighted by Gasteiger charge is 2.34. The van der Waals surface area contributed by atoms with Gasteiger partial charge in [0, 0.05) is 13.1 Å². The van der Waals surface area contributed by atoms with Crippen molar-refractivity contribution in [2.45, 2.75) is 58.8 Å². The number of sulfonamides is 1. The van der Waals surface area contributed by atoms with Crippen molar-refractivity contribution in [2.24, 2.45) is 0 Å². The van der Waals surface area contributed by atoms with Crippen LogP contribution in [-0.2, 0) is 32.3 Å². The van der Waals surface area contributed by atoms with Crippen molar-refractivity contribution in [3.8, 4) is 0 Å². The number of nitrogens with zero attached hydrogens (tertiary/aromatic N) is 2. The largest absolute Gasteiger partial charge is 0.416 e. The summed E-state index contributed by atoms with van der Waals surface area (Å²) < 4.78 is 65.6. The number of anilines is 1. The van der Waals surface area contributed by atoms with E-state index in [4.69, 9.17) is 0 Å². The third-order valence-corrected chi connectivity index (χ3v) is 6.97. The molecule has 0 heterocycles. The fourth-order valence-corrected chi connectivity index (χ4v) is 4.61. The molecule has 1 atom stereocenters. The quantitative estimate of drug-likeness (QED) is 0.401. The van der Waals surface area contributed by atoms with E-state index in [-0.39, 0.29) is 24.6 Å². The van der Waals surface area contributed by atoms with E-state index in [0.29, 0.717) is 16.9 Å². The summed E-state index contributed by atoms with van der Waals surface area (Å²) in [5.41, 5.74) is 0.397. The zero-order valence-corrected chi connectivity index (χ0v) is 22.3. The number of hydrogen-bond acceptors (Lipinski definition) is 4. The topological polar surface area (TPSA) is 86.8 Å². The minimum atomic E-state index is -4.69. The monoisotopic (exact) mass is 541 g/mol. The molecule has 2 aromatic carbocycles. The minimum absolute atomic E-state index is 0.0268. The van der Waals surface area contributed by atoms with E-state index in [2.05, 4.69) is 5.32 Å². The van der Waals surface area contributed by atoms with Crippen molar-refractivity contribution in [3.63, 3.8) is 0 Å². The van der Waals surface area contributed by atoms with Crippen LogP contribution in [0, 0.1) is 6.92 Å². The van der Waals surface area contributed by atoms with Crippen LogP contribution in [0.25, 0.3) is 0 Å². The number of halogens is 3. The molecular weight excluding hydrogens is 507 g/mol. The number of rotatable bonds is 12. The van der Waals surface area contributed by atoms with Crippen LogP contribution in [-0.4, -0.2) is 50.5 Å². The Kier molecular flexibility index (Phi) is 10.5. The first-order valence-corrected chi connectivity index (χ1v) is 13.9. The van der Waals surface area contributed by atoms with Gasteiger partial charge in [0.25, 0.3) is 0 Å². The molecule has 37 heavy (non-hydrogen) atoms. The second-order valence-electron chi connectivity index (χ2n) is 8.89. The maximum Gasteiger partial charge on any atom is 0.416 e. The molecule has 0 fully saturated rings. The lowest BCUT2D eigenvalue weighted by Gasteiger charge is -2.33. The molecule has 0 saturated carbocycles. The standard InChI is InChI=1S/C26H34F3N3O4S/c1-5-7-15-30-25(34)23(6-2)31(17-20-13-11-19(3)12-14-20)24(33)18-32(37(4,35)36)22-10-8-9-21(16-22)26(27,28)29/h8-14,16,23H,5-7,15,17-18H2,1-4H3,(H,30,34). The lowest BCUT2D eigenvalue weighted by atomic mass is 10.1. The summed E-state index contributed by atoms with van der Waals surface area (Å²) in [6.07, 6.45) is -1.99. The molecule has 0 saturated heterocycles. The van der Waals surface area contributed by atoms with Crippen LogP contribution in [0.3, 0.4) is 0 Å². The van der Waals surface area contributed by atoms with Crippen LogP contribution in [0.1, 0.15) is 49.8 Å². The molecular formula is C26H34F3N3O4S. The first-order chi connectivity index (χ1) is 17.3. The normalized spacial score (nSPS) is 12.6. The minimum Gasteiger partial charge on any atom is -0.354 e. The molecule has 0 aliphatic heterocycles. The Hall–Kier alpha value is -3.08. The number of carbonyl (C=O) groups excluding carboxylic acids is 2. The first kappa shape index (κ1) is 30.1. The second-order valence-corrected chi connectivity index (χ2v) is 10.8. The van der Waals surface area contributed by atoms with Gasteiger partial charge in [-0.05, 0) is 43.5 Å². The van der Waals surface area contributed by atoms with Gasteiger partial charge in [-0.2, -0.15) is 13.2 Å². The van der Waals surface area contributed by atoms with Crippen molar-refractivity contribution in [1.82, 2.24) is 10.2 Å². The van der Waals surface area contributed by atoms with E-state index in [0.717, 1.165) is 42.4 Å². The van der Waals surface area contributed by atoms with Gasteiger partial charge in [-0.1, -0.05) is 56.2 Å². The third kappa shape index (κ3) is 8.77. The van der Waals surface area contributed by atoms with Crippen LogP contribution >= 0.6 is 0 Å². The Morgan fingerprint density at radius 3 is 2.24 bits per heavy atom. The van der Waals surface area contributed by atoms with Crippen LogP contribution in [0.4, 0.5) is 18.9 Å². The fraction of sp³-hybridized carbons (Fsp3) is 0.462. The van der Waals surface area contributed by atoms with Crippen molar-refractivity contribution in [3.05, 3.63) is 65.2 Å². The number of amides is 2. The van der Waals surface area contributed by atoms with Crippen molar-refractivity contribution in [1.29, 1.82) is 0 Å². The third-order valence-electron chi connectivity index (χ3n) is 5.83. The predicted molar refractivity (Wildman–Crippen MR) is 137 cm³/mol. The molecule has 0 radical (unpaired) electrons. The summed E-state index contributed by atoms with van der Waals surface area (Å²) >= 11 is 0. The molecule has 1 unspecified atom stereocenters. The van der Waals surface area contributed by atoms with Crippen molar-refractivity contribution >= 4 is 27.5 Å². The number of nitrogens with one attached hydrogen (secondary N) is 1. The van der Waals surface area contributed by atoms with E-state index in [9.17, 15) is 31.2 Å². The molecule has 204 valence electrons. The maximum atomic E-state index is 13.6. The van der Waals surface area contributed by atoms with Gasteiger partial charge in [0.2, 0.25) is 21.8 Å². The summed E-state index contributed by atoms with van der Waals surface area (Å²) in [6.45, 7) is 5.31. The molecule has 0 spiro atoms. The SMILES string of the molecule is CCCCNC(=O)C(CC)N(Cc1ccc(C)cc1)C(=O)CN(c1cccc(C(F)(F)F)c1)S(C)(=O)=O. The number of unbranched alkanes of at least 4 members (excludes halogenated alkanes) is 1. The van der Waals surface area contributed by atoms with Crippen LogP contribution in [0.5, 0.6) is 0 Å². The molecule has 11 heteroatoms. The lowest BCUT2D eigenvalue weighted by Crippen LogP contribution is -2.52. The smallest absolute Gasteiger partial charge is 0.354 e. The van der Waals surface area contributed by atoms with E-state index in [1.54, 1.807) is 19.1 Å². The zero-order valence-electron chi connectivity index (χ0n) is 21.5. The summed E-state index contributed by atoms with van der Waals surface area (Å²) in [5.74, 6) is -1.08. The lowest BCUT2D eigenvalue weighted by molar-refractivity contribution is -0.140. The maximum absolute atomic E-state index is 13.6. The first-order valence-electron chi connectivity index (χ1n) is 12.1. The number of hydrogen-bond donors (Lipinski definition) is 1. The Morgan fingerprint density at radius 2 is 1.70 bits per heavy atom. The average molecular weight is 542 g/mol. The zero-order chi connectivity index (χ0) is 27.8. The number of aryl methyl sites for hydroxylation is 1. The molecule has 0 bridgehead atoms. The van der Waals surface area contributed by atoms with Gasteiger partial charge in [0.1, 0.15) is 12.6 Å². The van der Waals surface area contributed by atoms with Gasteiger partial charge < -0.3 is 10.2 Å². The molecule has 2 rings (SSSR count). The molecule has 2 amide bonds. The summed E-state index contributed by atoms with van der Waals surface area (Å²) in [6, 6.07) is 10.2. The van der Waals surface area contributed by atoms with Crippen molar-refractivity contribution < 1.29 is 31.2 Å². The number of alkyl halides is 3. The van der Waals surface area contributed by atoms with Crippen LogP contribution in [0.15, 0.2) is 48.5 Å².